The molecule has 1 saturated heterocycles. The topological polar surface area (TPSA) is 40.5 Å². The molecule has 0 saturated carbocycles. The van der Waals surface area contributed by atoms with E-state index in [2.05, 4.69) is 35.0 Å². The van der Waals surface area contributed by atoms with Crippen molar-refractivity contribution in [3.63, 3.8) is 0 Å². The predicted octanol–water partition coefficient (Wildman–Crippen LogP) is 2.39. The van der Waals surface area contributed by atoms with Crippen molar-refractivity contribution in [2.24, 2.45) is 5.92 Å². The van der Waals surface area contributed by atoms with Crippen molar-refractivity contribution in [1.29, 1.82) is 0 Å². The molecule has 3 nitrogen and oxygen atoms in total. The minimum atomic E-state index is 0.187. The van der Waals surface area contributed by atoms with E-state index in [4.69, 9.17) is 5.11 Å². The van der Waals surface area contributed by atoms with Gasteiger partial charge in [0, 0.05) is 36.5 Å². The molecule has 0 radical (unpaired) electrons. The third kappa shape index (κ3) is 3.12. The van der Waals surface area contributed by atoms with Crippen LogP contribution in [0, 0.1) is 5.92 Å². The van der Waals surface area contributed by atoms with Gasteiger partial charge in [-0.15, -0.1) is 0 Å². The summed E-state index contributed by atoms with van der Waals surface area (Å²) in [4.78, 5) is 13.8. The number of aliphatic hydroxyl groups is 1. The quantitative estimate of drug-likeness (QED) is 0.927. The largest absolute Gasteiger partial charge is 0.396 e. The fourth-order valence-corrected chi connectivity index (χ4v) is 2.45. The highest BCUT2D eigenvalue weighted by Crippen LogP contribution is 2.24. The number of amides is 1. The summed E-state index contributed by atoms with van der Waals surface area (Å²) in [6, 6.07) is 8.10. The summed E-state index contributed by atoms with van der Waals surface area (Å²) in [6.07, 6.45) is 0.541. The van der Waals surface area contributed by atoms with E-state index in [0.717, 1.165) is 4.47 Å². The molecule has 4 heteroatoms. The summed E-state index contributed by atoms with van der Waals surface area (Å²) in [6.45, 7) is 3.68. The van der Waals surface area contributed by atoms with Crippen LogP contribution in [0.3, 0.4) is 0 Å². The van der Waals surface area contributed by atoms with E-state index in [1.54, 1.807) is 0 Å². The zero-order valence-corrected chi connectivity index (χ0v) is 12.1. The fraction of sp³-hybridized carbons (Fsp3) is 0.500. The summed E-state index contributed by atoms with van der Waals surface area (Å²) in [5.74, 6) is 0.714. The van der Waals surface area contributed by atoms with E-state index in [1.165, 1.54) is 5.56 Å². The van der Waals surface area contributed by atoms with Gasteiger partial charge in [0.1, 0.15) is 0 Å². The Morgan fingerprint density at radius 2 is 2.06 bits per heavy atom. The summed E-state index contributed by atoms with van der Waals surface area (Å²) < 4.78 is 1.05. The Morgan fingerprint density at radius 3 is 2.61 bits per heavy atom. The van der Waals surface area contributed by atoms with Gasteiger partial charge in [0.2, 0.25) is 5.91 Å². The maximum absolute atomic E-state index is 12.0. The van der Waals surface area contributed by atoms with E-state index in [1.807, 2.05) is 17.0 Å². The van der Waals surface area contributed by atoms with Gasteiger partial charge in [0.15, 0.2) is 0 Å². The Morgan fingerprint density at radius 1 is 1.44 bits per heavy atom. The maximum Gasteiger partial charge on any atom is 0.223 e. The van der Waals surface area contributed by atoms with Gasteiger partial charge in [-0.2, -0.15) is 0 Å². The first-order valence-electron chi connectivity index (χ1n) is 6.24. The van der Waals surface area contributed by atoms with E-state index < -0.39 is 0 Å². The number of hydrogen-bond donors (Lipinski definition) is 1. The number of nitrogens with zero attached hydrogens (tertiary/aromatic N) is 1. The smallest absolute Gasteiger partial charge is 0.223 e. The molecule has 1 N–H and O–H groups in total. The van der Waals surface area contributed by atoms with Gasteiger partial charge in [-0.05, 0) is 23.6 Å². The lowest BCUT2D eigenvalue weighted by molar-refractivity contribution is -0.138. The second-order valence-corrected chi connectivity index (χ2v) is 5.92. The van der Waals surface area contributed by atoms with Crippen LogP contribution in [-0.4, -0.2) is 35.6 Å². The molecule has 98 valence electrons. The maximum atomic E-state index is 12.0. The van der Waals surface area contributed by atoms with Gasteiger partial charge in [-0.25, -0.2) is 0 Å². The van der Waals surface area contributed by atoms with Crippen molar-refractivity contribution in [1.82, 2.24) is 4.90 Å². The number of hydrogen-bond acceptors (Lipinski definition) is 2. The number of aliphatic hydroxyl groups excluding tert-OH is 1. The number of benzene rings is 1. The van der Waals surface area contributed by atoms with Crippen LogP contribution < -0.4 is 0 Å². The second-order valence-electron chi connectivity index (χ2n) is 5.00. The van der Waals surface area contributed by atoms with Gasteiger partial charge >= 0.3 is 0 Å². The molecule has 1 aliphatic rings. The Kier molecular flexibility index (Phi) is 4.40. The Hall–Kier alpha value is -0.870. The average molecular weight is 312 g/mol. The van der Waals surface area contributed by atoms with Crippen molar-refractivity contribution >= 4 is 21.8 Å². The van der Waals surface area contributed by atoms with Gasteiger partial charge in [-0.1, -0.05) is 35.0 Å². The number of carbonyl (C=O) groups is 1. The second kappa shape index (κ2) is 5.85. The van der Waals surface area contributed by atoms with Gasteiger partial charge in [0.05, 0.1) is 0 Å². The SMILES string of the molecule is CC(CC(=O)N1CC(CO)C1)c1ccc(Br)cc1. The van der Waals surface area contributed by atoms with Crippen molar-refractivity contribution < 1.29 is 9.90 Å². The van der Waals surface area contributed by atoms with E-state index in [0.29, 0.717) is 19.5 Å². The molecule has 1 aromatic rings. The number of rotatable bonds is 4. The third-order valence-corrected chi connectivity index (χ3v) is 4.02. The molecule has 1 atom stereocenters. The first-order chi connectivity index (χ1) is 8.60. The molecule has 1 unspecified atom stereocenters. The van der Waals surface area contributed by atoms with E-state index >= 15 is 0 Å². The molecule has 0 aliphatic carbocycles. The van der Waals surface area contributed by atoms with Crippen LogP contribution in [0.2, 0.25) is 0 Å². The lowest BCUT2D eigenvalue weighted by Crippen LogP contribution is -2.51. The van der Waals surface area contributed by atoms with E-state index in [9.17, 15) is 4.79 Å². The van der Waals surface area contributed by atoms with Crippen molar-refractivity contribution in [2.75, 3.05) is 19.7 Å². The molecular formula is C14H18BrNO2. The minimum Gasteiger partial charge on any atom is -0.396 e. The molecular weight excluding hydrogens is 294 g/mol. The number of halogens is 1. The predicted molar refractivity (Wildman–Crippen MR) is 74.3 cm³/mol. The molecule has 18 heavy (non-hydrogen) atoms. The van der Waals surface area contributed by atoms with E-state index in [-0.39, 0.29) is 24.3 Å². The Balaban J connectivity index is 1.86. The molecule has 0 aromatic heterocycles. The molecule has 1 aliphatic heterocycles. The van der Waals surface area contributed by atoms with Crippen molar-refractivity contribution in [3.05, 3.63) is 34.3 Å². The highest BCUT2D eigenvalue weighted by Gasteiger charge is 2.30. The molecule has 1 aromatic carbocycles. The van der Waals surface area contributed by atoms with Gasteiger partial charge in [-0.3, -0.25) is 4.79 Å². The monoisotopic (exact) mass is 311 g/mol. The number of carbonyl (C=O) groups excluding carboxylic acids is 1. The van der Waals surface area contributed by atoms with Crippen LogP contribution in [0.25, 0.3) is 0 Å². The zero-order valence-electron chi connectivity index (χ0n) is 10.5. The zero-order chi connectivity index (χ0) is 13.1. The first kappa shape index (κ1) is 13.6. The van der Waals surface area contributed by atoms with Gasteiger partial charge < -0.3 is 10.0 Å². The highest BCUT2D eigenvalue weighted by atomic mass is 79.9. The molecule has 0 bridgehead atoms. The molecule has 1 heterocycles. The van der Waals surface area contributed by atoms with Crippen molar-refractivity contribution in [3.8, 4) is 0 Å². The highest BCUT2D eigenvalue weighted by molar-refractivity contribution is 9.10. The molecule has 1 amide bonds. The number of likely N-dealkylation sites (tertiary alicyclic amines) is 1. The van der Waals surface area contributed by atoms with Crippen LogP contribution in [-0.2, 0) is 4.79 Å². The Labute approximate surface area is 116 Å². The third-order valence-electron chi connectivity index (χ3n) is 3.49. The van der Waals surface area contributed by atoms with Crippen LogP contribution in [0.5, 0.6) is 0 Å². The lowest BCUT2D eigenvalue weighted by atomic mass is 9.95. The Bertz CT molecular complexity index is 412. The molecule has 0 spiro atoms. The first-order valence-corrected chi connectivity index (χ1v) is 7.03. The molecule has 2 rings (SSSR count). The van der Waals surface area contributed by atoms with Crippen molar-refractivity contribution in [2.45, 2.75) is 19.3 Å². The van der Waals surface area contributed by atoms with Crippen LogP contribution in [0.4, 0.5) is 0 Å². The summed E-state index contributed by atoms with van der Waals surface area (Å²) in [5, 5.41) is 8.93. The van der Waals surface area contributed by atoms with Crippen LogP contribution >= 0.6 is 15.9 Å². The summed E-state index contributed by atoms with van der Waals surface area (Å²) in [7, 11) is 0. The molecule has 1 fully saturated rings. The van der Waals surface area contributed by atoms with Crippen LogP contribution in [0.1, 0.15) is 24.8 Å². The standard InChI is InChI=1S/C14H18BrNO2/c1-10(12-2-4-13(15)5-3-12)6-14(18)16-7-11(8-16)9-17/h2-5,10-11,17H,6-9H2,1H3. The fourth-order valence-electron chi connectivity index (χ4n) is 2.19. The van der Waals surface area contributed by atoms with Crippen LogP contribution in [0.15, 0.2) is 28.7 Å². The normalized spacial score (nSPS) is 17.4. The lowest BCUT2D eigenvalue weighted by Gasteiger charge is -2.38. The minimum absolute atomic E-state index is 0.187. The average Bonchev–Trinajstić information content (AvgIpc) is 2.28. The summed E-state index contributed by atoms with van der Waals surface area (Å²) in [5.41, 5.74) is 1.19. The summed E-state index contributed by atoms with van der Waals surface area (Å²) >= 11 is 3.40. The van der Waals surface area contributed by atoms with Gasteiger partial charge in [0.25, 0.3) is 0 Å².